The molecule has 184 valence electrons. The summed E-state index contributed by atoms with van der Waals surface area (Å²) in [5.41, 5.74) is 2.78. The van der Waals surface area contributed by atoms with Gasteiger partial charge in [-0.3, -0.25) is 19.0 Å². The Bertz CT molecular complexity index is 1540. The molecule has 36 heavy (non-hydrogen) atoms. The van der Waals surface area contributed by atoms with Gasteiger partial charge in [-0.25, -0.2) is 0 Å². The van der Waals surface area contributed by atoms with E-state index in [1.807, 2.05) is 0 Å². The molecule has 11 heteroatoms. The molecule has 2 N–H and O–H groups in total. The van der Waals surface area contributed by atoms with E-state index in [1.165, 1.54) is 24.3 Å². The van der Waals surface area contributed by atoms with Crippen molar-refractivity contribution >= 4 is 27.8 Å². The van der Waals surface area contributed by atoms with Crippen molar-refractivity contribution in [2.75, 3.05) is 6.61 Å². The average molecular weight is 495 g/mol. The number of ether oxygens (including phenoxy) is 1. The zero-order valence-electron chi connectivity index (χ0n) is 18.9. The van der Waals surface area contributed by atoms with Gasteiger partial charge in [0.15, 0.2) is 5.65 Å². The molecule has 0 radical (unpaired) electrons. The molecule has 0 unspecified atom stereocenters. The molecule has 1 amide bonds. The van der Waals surface area contributed by atoms with Gasteiger partial charge in [-0.15, -0.1) is 13.2 Å². The number of aryl methyl sites for hydroxylation is 1. The van der Waals surface area contributed by atoms with Crippen molar-refractivity contribution in [2.24, 2.45) is 7.05 Å². The number of fused-ring (bicyclic) bond motifs is 3. The van der Waals surface area contributed by atoms with Crippen LogP contribution >= 0.6 is 0 Å². The largest absolute Gasteiger partial charge is 0.573 e. The number of hydrogen-bond acceptors (Lipinski definition) is 5. The molecule has 0 aliphatic rings. The minimum absolute atomic E-state index is 0.317. The Hall–Kier alpha value is -4.38. The van der Waals surface area contributed by atoms with Crippen LogP contribution in [0.25, 0.3) is 27.6 Å². The second-order valence-electron chi connectivity index (χ2n) is 8.11. The van der Waals surface area contributed by atoms with Gasteiger partial charge in [0, 0.05) is 41.5 Å². The standard InChI is InChI=1S/C25H20F3N5O3/c1-32-13-19-18-12-15(24(35)30-21(14-34)20-4-2-3-11-29-20)5-10-22(18)33(23(19)31-32)16-6-8-17(9-7-16)36-25(26,27)28/h2-13,21,34H,14H2,1H3,(H,30,35)/t21-/m1/s1. The Morgan fingerprint density at radius 3 is 2.56 bits per heavy atom. The zero-order chi connectivity index (χ0) is 25.4. The number of alkyl halides is 3. The maximum absolute atomic E-state index is 13.0. The highest BCUT2D eigenvalue weighted by Crippen LogP contribution is 2.33. The number of carbonyl (C=O) groups is 1. The van der Waals surface area contributed by atoms with Crippen molar-refractivity contribution < 1.29 is 27.8 Å². The molecule has 8 nitrogen and oxygen atoms in total. The van der Waals surface area contributed by atoms with E-state index in [9.17, 15) is 23.1 Å². The maximum atomic E-state index is 13.0. The lowest BCUT2D eigenvalue weighted by molar-refractivity contribution is -0.274. The van der Waals surface area contributed by atoms with E-state index in [0.717, 1.165) is 16.3 Å². The second-order valence-corrected chi connectivity index (χ2v) is 8.11. The molecule has 0 fully saturated rings. The van der Waals surface area contributed by atoms with Crippen molar-refractivity contribution in [3.05, 3.63) is 84.3 Å². The van der Waals surface area contributed by atoms with Crippen LogP contribution in [-0.4, -0.2) is 43.3 Å². The Balaban J connectivity index is 1.52. The highest BCUT2D eigenvalue weighted by atomic mass is 19.4. The highest BCUT2D eigenvalue weighted by Gasteiger charge is 2.31. The Morgan fingerprint density at radius 2 is 1.89 bits per heavy atom. The van der Waals surface area contributed by atoms with Crippen LogP contribution in [-0.2, 0) is 7.05 Å². The van der Waals surface area contributed by atoms with Gasteiger partial charge >= 0.3 is 6.36 Å². The first-order valence-electron chi connectivity index (χ1n) is 10.9. The first-order valence-corrected chi connectivity index (χ1v) is 10.9. The van der Waals surface area contributed by atoms with Gasteiger partial charge in [0.2, 0.25) is 0 Å². The van der Waals surface area contributed by atoms with E-state index in [-0.39, 0.29) is 18.3 Å². The van der Waals surface area contributed by atoms with Crippen molar-refractivity contribution in [3.63, 3.8) is 0 Å². The van der Waals surface area contributed by atoms with Crippen LogP contribution in [0.1, 0.15) is 22.1 Å². The van der Waals surface area contributed by atoms with E-state index in [1.54, 1.807) is 65.1 Å². The lowest BCUT2D eigenvalue weighted by atomic mass is 10.1. The van der Waals surface area contributed by atoms with Gasteiger partial charge in [0.25, 0.3) is 5.91 Å². The van der Waals surface area contributed by atoms with Crippen LogP contribution < -0.4 is 10.1 Å². The fourth-order valence-electron chi connectivity index (χ4n) is 4.13. The van der Waals surface area contributed by atoms with Crippen molar-refractivity contribution in [1.29, 1.82) is 0 Å². The number of nitrogens with one attached hydrogen (secondary N) is 1. The summed E-state index contributed by atoms with van der Waals surface area (Å²) in [6.07, 6.45) is -1.39. The minimum atomic E-state index is -4.78. The van der Waals surface area contributed by atoms with Gasteiger partial charge in [-0.1, -0.05) is 6.07 Å². The molecule has 0 saturated carbocycles. The van der Waals surface area contributed by atoms with Gasteiger partial charge in [-0.2, -0.15) is 5.10 Å². The summed E-state index contributed by atoms with van der Waals surface area (Å²) in [4.78, 5) is 17.2. The summed E-state index contributed by atoms with van der Waals surface area (Å²) < 4.78 is 45.0. The van der Waals surface area contributed by atoms with Crippen molar-refractivity contribution in [3.8, 4) is 11.4 Å². The van der Waals surface area contributed by atoms with Crippen LogP contribution in [0.4, 0.5) is 13.2 Å². The first kappa shape index (κ1) is 23.4. The molecule has 0 saturated heterocycles. The van der Waals surface area contributed by atoms with Crippen molar-refractivity contribution in [1.82, 2.24) is 24.6 Å². The lowest BCUT2D eigenvalue weighted by Gasteiger charge is -2.16. The van der Waals surface area contributed by atoms with Crippen molar-refractivity contribution in [2.45, 2.75) is 12.4 Å². The number of aliphatic hydroxyl groups excluding tert-OH is 1. The lowest BCUT2D eigenvalue weighted by Crippen LogP contribution is -2.31. The van der Waals surface area contributed by atoms with Crippen LogP contribution in [0, 0.1) is 0 Å². The molecule has 3 heterocycles. The number of rotatable bonds is 6. The predicted octanol–water partition coefficient (Wildman–Crippen LogP) is 4.27. The molecule has 0 spiro atoms. The molecule has 0 bridgehead atoms. The summed E-state index contributed by atoms with van der Waals surface area (Å²) in [5.74, 6) is -0.717. The van der Waals surface area contributed by atoms with Gasteiger partial charge in [-0.05, 0) is 54.6 Å². The normalized spacial score (nSPS) is 12.7. The monoisotopic (exact) mass is 495 g/mol. The number of pyridine rings is 1. The summed E-state index contributed by atoms with van der Waals surface area (Å²) in [5, 5.41) is 18.6. The van der Waals surface area contributed by atoms with Gasteiger partial charge < -0.3 is 15.2 Å². The van der Waals surface area contributed by atoms with Crippen LogP contribution in [0.2, 0.25) is 0 Å². The second kappa shape index (κ2) is 9.00. The van der Waals surface area contributed by atoms with E-state index in [2.05, 4.69) is 20.1 Å². The Labute approximate surface area is 202 Å². The number of amides is 1. The molecule has 0 aliphatic carbocycles. The molecule has 1 atom stereocenters. The first-order chi connectivity index (χ1) is 17.2. The number of benzene rings is 2. The van der Waals surface area contributed by atoms with Gasteiger partial charge in [0.1, 0.15) is 5.75 Å². The Morgan fingerprint density at radius 1 is 1.11 bits per heavy atom. The molecule has 5 aromatic rings. The smallest absolute Gasteiger partial charge is 0.406 e. The maximum Gasteiger partial charge on any atom is 0.573 e. The molecule has 3 aromatic heterocycles. The summed E-state index contributed by atoms with van der Waals surface area (Å²) >= 11 is 0. The fourth-order valence-corrected chi connectivity index (χ4v) is 4.13. The number of aliphatic hydroxyl groups is 1. The number of hydrogen-bond donors (Lipinski definition) is 2. The summed E-state index contributed by atoms with van der Waals surface area (Å²) in [6.45, 7) is -0.317. The zero-order valence-corrected chi connectivity index (χ0v) is 18.9. The number of halogens is 3. The number of aromatic nitrogens is 4. The van der Waals surface area contributed by atoms with E-state index >= 15 is 0 Å². The minimum Gasteiger partial charge on any atom is -0.406 e. The quantitative estimate of drug-likeness (QED) is 0.367. The highest BCUT2D eigenvalue weighted by molar-refractivity contribution is 6.10. The molecule has 0 aliphatic heterocycles. The van der Waals surface area contributed by atoms with E-state index in [0.29, 0.717) is 22.6 Å². The summed E-state index contributed by atoms with van der Waals surface area (Å²) in [6, 6.07) is 15.2. The van der Waals surface area contributed by atoms with E-state index < -0.39 is 12.4 Å². The number of nitrogens with zero attached hydrogens (tertiary/aromatic N) is 4. The number of carbonyl (C=O) groups excluding carboxylic acids is 1. The molecular formula is C25H20F3N5O3. The molecular weight excluding hydrogens is 475 g/mol. The van der Waals surface area contributed by atoms with Crippen LogP contribution in [0.3, 0.4) is 0 Å². The average Bonchev–Trinajstić information content (AvgIpc) is 3.37. The van der Waals surface area contributed by atoms with Crippen LogP contribution in [0.15, 0.2) is 73.1 Å². The van der Waals surface area contributed by atoms with E-state index in [4.69, 9.17) is 0 Å². The molecule has 5 rings (SSSR count). The fraction of sp³-hybridized carbons (Fsp3) is 0.160. The predicted molar refractivity (Wildman–Crippen MR) is 126 cm³/mol. The summed E-state index contributed by atoms with van der Waals surface area (Å²) in [7, 11) is 1.76. The third-order valence-corrected chi connectivity index (χ3v) is 5.67. The van der Waals surface area contributed by atoms with Gasteiger partial charge in [0.05, 0.1) is 23.9 Å². The molecule has 2 aromatic carbocycles. The SMILES string of the molecule is Cn1cc2c3cc(C(=O)N[C@H](CO)c4ccccn4)ccc3n(-c3ccc(OC(F)(F)F)cc3)c2n1. The van der Waals surface area contributed by atoms with Crippen LogP contribution in [0.5, 0.6) is 5.75 Å². The third-order valence-electron chi connectivity index (χ3n) is 5.67. The topological polar surface area (TPSA) is 94.2 Å². The third kappa shape index (κ3) is 4.48. The Kier molecular flexibility index (Phi) is 5.84.